The second kappa shape index (κ2) is 7.85. The third kappa shape index (κ3) is 4.32. The molecule has 0 bridgehead atoms. The van der Waals surface area contributed by atoms with Crippen LogP contribution in [0.2, 0.25) is 5.02 Å². The van der Waals surface area contributed by atoms with Gasteiger partial charge in [-0.2, -0.15) is 0 Å². The Morgan fingerprint density at radius 1 is 1.00 bits per heavy atom. The quantitative estimate of drug-likeness (QED) is 0.747. The van der Waals surface area contributed by atoms with E-state index < -0.39 is 0 Å². The number of rotatable bonds is 4. The van der Waals surface area contributed by atoms with Crippen LogP contribution >= 0.6 is 11.6 Å². The molecule has 1 fully saturated rings. The molecule has 1 N–H and O–H groups in total. The van der Waals surface area contributed by atoms with E-state index in [1.807, 2.05) is 12.1 Å². The van der Waals surface area contributed by atoms with Gasteiger partial charge in [-0.1, -0.05) is 11.6 Å². The Morgan fingerprint density at radius 2 is 1.74 bits per heavy atom. The zero-order valence-electron chi connectivity index (χ0n) is 14.7. The van der Waals surface area contributed by atoms with Crippen molar-refractivity contribution in [2.24, 2.45) is 0 Å². The largest absolute Gasteiger partial charge is 0.354 e. The summed E-state index contributed by atoms with van der Waals surface area (Å²) in [7, 11) is 0. The monoisotopic (exact) mass is 382 g/mol. The van der Waals surface area contributed by atoms with E-state index in [1.54, 1.807) is 36.7 Å². The second-order valence-electron chi connectivity index (χ2n) is 6.39. The number of anilines is 2. The molecule has 1 saturated heterocycles. The van der Waals surface area contributed by atoms with E-state index in [9.17, 15) is 4.79 Å². The van der Waals surface area contributed by atoms with Gasteiger partial charge in [0, 0.05) is 49.3 Å². The Labute approximate surface area is 162 Å². The van der Waals surface area contributed by atoms with E-state index in [-0.39, 0.29) is 5.91 Å². The number of benzene rings is 1. The molecule has 0 spiro atoms. The summed E-state index contributed by atoms with van der Waals surface area (Å²) < 4.78 is 0. The maximum Gasteiger partial charge on any atom is 0.238 e. The molecule has 27 heavy (non-hydrogen) atoms. The highest BCUT2D eigenvalue weighted by Crippen LogP contribution is 2.17. The fourth-order valence-electron chi connectivity index (χ4n) is 3.09. The molecule has 0 unspecified atom stereocenters. The van der Waals surface area contributed by atoms with Crippen LogP contribution in [0.3, 0.4) is 0 Å². The normalized spacial score (nSPS) is 15.1. The SMILES string of the molecule is O=C(CN1CCN(c2ccc3nccnc3n2)CC1)Nc1ccc(Cl)cc1. The summed E-state index contributed by atoms with van der Waals surface area (Å²) in [6.07, 6.45) is 3.31. The molecule has 138 valence electrons. The van der Waals surface area contributed by atoms with Crippen LogP contribution in [0.1, 0.15) is 0 Å². The maximum atomic E-state index is 12.2. The van der Waals surface area contributed by atoms with E-state index >= 15 is 0 Å². The van der Waals surface area contributed by atoms with Crippen molar-refractivity contribution < 1.29 is 4.79 Å². The molecule has 3 aromatic rings. The first-order valence-electron chi connectivity index (χ1n) is 8.78. The third-order valence-electron chi connectivity index (χ3n) is 4.51. The standard InChI is InChI=1S/C19H19ClN6O/c20-14-1-3-15(4-2-14)23-18(27)13-25-9-11-26(12-10-25)17-6-5-16-19(24-17)22-8-7-21-16/h1-8H,9-13H2,(H,23,27). The summed E-state index contributed by atoms with van der Waals surface area (Å²) in [5, 5.41) is 3.55. The molecule has 1 aliphatic rings. The molecular formula is C19H19ClN6O. The Morgan fingerprint density at radius 3 is 2.52 bits per heavy atom. The number of amides is 1. The first-order chi connectivity index (χ1) is 13.2. The Hall–Kier alpha value is -2.77. The lowest BCUT2D eigenvalue weighted by atomic mass is 10.3. The Bertz CT molecular complexity index is 940. The lowest BCUT2D eigenvalue weighted by Crippen LogP contribution is -2.48. The van der Waals surface area contributed by atoms with Gasteiger partial charge in [-0.05, 0) is 36.4 Å². The third-order valence-corrected chi connectivity index (χ3v) is 4.76. The number of carbonyl (C=O) groups is 1. The molecule has 0 aliphatic carbocycles. The topological polar surface area (TPSA) is 74.2 Å². The van der Waals surface area contributed by atoms with Crippen LogP contribution in [0.4, 0.5) is 11.5 Å². The molecular weight excluding hydrogens is 364 g/mol. The predicted octanol–water partition coefficient (Wildman–Crippen LogP) is 2.44. The van der Waals surface area contributed by atoms with Gasteiger partial charge in [-0.15, -0.1) is 0 Å². The van der Waals surface area contributed by atoms with Gasteiger partial charge in [0.2, 0.25) is 5.91 Å². The maximum absolute atomic E-state index is 12.2. The molecule has 1 aliphatic heterocycles. The van der Waals surface area contributed by atoms with Crippen LogP contribution in [0, 0.1) is 0 Å². The molecule has 2 aromatic heterocycles. The number of hydrogen-bond acceptors (Lipinski definition) is 6. The van der Waals surface area contributed by atoms with Crippen molar-refractivity contribution in [2.75, 3.05) is 42.9 Å². The highest BCUT2D eigenvalue weighted by atomic mass is 35.5. The van der Waals surface area contributed by atoms with Gasteiger partial charge in [-0.25, -0.2) is 9.97 Å². The van der Waals surface area contributed by atoms with Crippen molar-refractivity contribution in [2.45, 2.75) is 0 Å². The van der Waals surface area contributed by atoms with E-state index in [0.29, 0.717) is 17.2 Å². The van der Waals surface area contributed by atoms with Crippen molar-refractivity contribution in [3.05, 3.63) is 53.8 Å². The van der Waals surface area contributed by atoms with Crippen molar-refractivity contribution >= 4 is 40.2 Å². The summed E-state index contributed by atoms with van der Waals surface area (Å²) in [6.45, 7) is 3.59. The van der Waals surface area contributed by atoms with Gasteiger partial charge in [-0.3, -0.25) is 14.7 Å². The number of carbonyl (C=O) groups excluding carboxylic acids is 1. The summed E-state index contributed by atoms with van der Waals surface area (Å²) in [6, 6.07) is 11.0. The fourth-order valence-corrected chi connectivity index (χ4v) is 3.22. The molecule has 1 amide bonds. The van der Waals surface area contributed by atoms with Crippen LogP contribution in [0.5, 0.6) is 0 Å². The molecule has 0 saturated carbocycles. The fraction of sp³-hybridized carbons (Fsp3) is 0.263. The van der Waals surface area contributed by atoms with Crippen molar-refractivity contribution in [3.8, 4) is 0 Å². The van der Waals surface area contributed by atoms with Crippen molar-refractivity contribution in [3.63, 3.8) is 0 Å². The van der Waals surface area contributed by atoms with Crippen LogP contribution in [0.25, 0.3) is 11.2 Å². The highest BCUT2D eigenvalue weighted by Gasteiger charge is 2.20. The first kappa shape index (κ1) is 17.6. The van der Waals surface area contributed by atoms with Crippen LogP contribution in [0.15, 0.2) is 48.8 Å². The molecule has 4 rings (SSSR count). The smallest absolute Gasteiger partial charge is 0.238 e. The number of nitrogens with one attached hydrogen (secondary N) is 1. The van der Waals surface area contributed by atoms with Gasteiger partial charge in [0.15, 0.2) is 5.65 Å². The number of fused-ring (bicyclic) bond motifs is 1. The number of aromatic nitrogens is 3. The minimum Gasteiger partial charge on any atom is -0.354 e. The van der Waals surface area contributed by atoms with E-state index in [2.05, 4.69) is 30.1 Å². The highest BCUT2D eigenvalue weighted by molar-refractivity contribution is 6.30. The number of piperazine rings is 1. The number of halogens is 1. The number of nitrogens with zero attached hydrogens (tertiary/aromatic N) is 5. The summed E-state index contributed by atoms with van der Waals surface area (Å²) >= 11 is 5.86. The number of hydrogen-bond donors (Lipinski definition) is 1. The summed E-state index contributed by atoms with van der Waals surface area (Å²) in [4.78, 5) is 29.7. The first-order valence-corrected chi connectivity index (χ1v) is 9.16. The van der Waals surface area contributed by atoms with Gasteiger partial charge in [0.1, 0.15) is 11.3 Å². The molecule has 0 atom stereocenters. The van der Waals surface area contributed by atoms with Crippen LogP contribution in [-0.4, -0.2) is 58.5 Å². The summed E-state index contributed by atoms with van der Waals surface area (Å²) in [5.74, 6) is 0.873. The summed E-state index contributed by atoms with van der Waals surface area (Å²) in [5.41, 5.74) is 2.20. The minimum atomic E-state index is -0.0233. The lowest BCUT2D eigenvalue weighted by Gasteiger charge is -2.35. The Balaban J connectivity index is 1.31. The molecule has 1 aromatic carbocycles. The van der Waals surface area contributed by atoms with Gasteiger partial charge in [0.25, 0.3) is 0 Å². The van der Waals surface area contributed by atoms with Crippen LogP contribution < -0.4 is 10.2 Å². The average Bonchev–Trinajstić information content (AvgIpc) is 2.70. The zero-order chi connectivity index (χ0) is 18.6. The lowest BCUT2D eigenvalue weighted by molar-refractivity contribution is -0.117. The zero-order valence-corrected chi connectivity index (χ0v) is 15.4. The molecule has 3 heterocycles. The van der Waals surface area contributed by atoms with E-state index in [0.717, 1.165) is 43.2 Å². The Kier molecular flexibility index (Phi) is 5.13. The van der Waals surface area contributed by atoms with E-state index in [1.165, 1.54) is 0 Å². The van der Waals surface area contributed by atoms with Gasteiger partial charge < -0.3 is 10.2 Å². The minimum absolute atomic E-state index is 0.0233. The second-order valence-corrected chi connectivity index (χ2v) is 6.82. The van der Waals surface area contributed by atoms with Gasteiger partial charge >= 0.3 is 0 Å². The van der Waals surface area contributed by atoms with Gasteiger partial charge in [0.05, 0.1) is 6.54 Å². The molecule has 7 nitrogen and oxygen atoms in total. The molecule has 0 radical (unpaired) electrons. The van der Waals surface area contributed by atoms with Crippen LogP contribution in [-0.2, 0) is 4.79 Å². The number of pyridine rings is 1. The van der Waals surface area contributed by atoms with Crippen molar-refractivity contribution in [1.29, 1.82) is 0 Å². The predicted molar refractivity (Wildman–Crippen MR) is 106 cm³/mol. The molecule has 8 heteroatoms. The van der Waals surface area contributed by atoms with E-state index in [4.69, 9.17) is 11.6 Å². The van der Waals surface area contributed by atoms with Crippen molar-refractivity contribution in [1.82, 2.24) is 19.9 Å². The average molecular weight is 383 g/mol.